The summed E-state index contributed by atoms with van der Waals surface area (Å²) < 4.78 is 2.86. The van der Waals surface area contributed by atoms with Crippen LogP contribution in [0.3, 0.4) is 0 Å². The predicted octanol–water partition coefficient (Wildman–Crippen LogP) is 3.37. The van der Waals surface area contributed by atoms with Crippen molar-refractivity contribution in [3.63, 3.8) is 0 Å². The highest BCUT2D eigenvalue weighted by atomic mass is 32.1. The van der Waals surface area contributed by atoms with Crippen LogP contribution >= 0.6 is 11.3 Å². The van der Waals surface area contributed by atoms with Gasteiger partial charge < -0.3 is 9.67 Å². The van der Waals surface area contributed by atoms with Crippen LogP contribution in [0.4, 0.5) is 0 Å². The molecule has 4 heteroatoms. The van der Waals surface area contributed by atoms with Crippen LogP contribution in [-0.4, -0.2) is 15.5 Å². The minimum atomic E-state index is -0.0447. The van der Waals surface area contributed by atoms with Crippen molar-refractivity contribution in [1.82, 2.24) is 4.57 Å². The summed E-state index contributed by atoms with van der Waals surface area (Å²) in [6, 6.07) is 11.4. The average Bonchev–Trinajstić information content (AvgIpc) is 2.92. The zero-order valence-electron chi connectivity index (χ0n) is 10.5. The third-order valence-corrected chi connectivity index (χ3v) is 4.22. The van der Waals surface area contributed by atoms with Gasteiger partial charge in [-0.05, 0) is 18.2 Å². The lowest BCUT2D eigenvalue weighted by Gasteiger charge is -2.03. The Morgan fingerprint density at radius 2 is 2.05 bits per heavy atom. The molecular weight excluding hydrogens is 258 g/mol. The number of aromatic nitrogens is 1. The fourth-order valence-electron chi connectivity index (χ4n) is 2.24. The fraction of sp³-hybridized carbons (Fsp3) is 0.133. The van der Waals surface area contributed by atoms with E-state index in [2.05, 4.69) is 0 Å². The third kappa shape index (κ3) is 2.04. The molecule has 3 rings (SSSR count). The Hall–Kier alpha value is -2.07. The normalized spacial score (nSPS) is 11.0. The molecule has 0 radical (unpaired) electrons. The molecule has 2 heterocycles. The maximum absolute atomic E-state index is 12.4. The molecule has 19 heavy (non-hydrogen) atoms. The monoisotopic (exact) mass is 271 g/mol. The van der Waals surface area contributed by atoms with Crippen molar-refractivity contribution in [2.24, 2.45) is 7.05 Å². The first-order valence-corrected chi connectivity index (χ1v) is 6.82. The molecule has 0 bridgehead atoms. The number of aromatic hydroxyl groups is 1. The molecule has 0 atom stereocenters. The van der Waals surface area contributed by atoms with Gasteiger partial charge in [-0.15, -0.1) is 0 Å². The zero-order chi connectivity index (χ0) is 13.4. The van der Waals surface area contributed by atoms with Gasteiger partial charge in [0.1, 0.15) is 0 Å². The first kappa shape index (κ1) is 12.0. The Bertz CT molecular complexity index is 754. The SMILES string of the molecule is Cn1cccc1CC(=O)c1c(O)sc2ccccc12. The van der Waals surface area contributed by atoms with E-state index >= 15 is 0 Å². The van der Waals surface area contributed by atoms with Crippen LogP contribution in [0.25, 0.3) is 10.1 Å². The van der Waals surface area contributed by atoms with E-state index in [0.29, 0.717) is 12.0 Å². The second-order valence-electron chi connectivity index (χ2n) is 4.49. The van der Waals surface area contributed by atoms with Crippen molar-refractivity contribution < 1.29 is 9.90 Å². The molecule has 1 aromatic carbocycles. The number of thiophene rings is 1. The summed E-state index contributed by atoms with van der Waals surface area (Å²) in [5, 5.41) is 10.9. The highest BCUT2D eigenvalue weighted by Crippen LogP contribution is 2.37. The van der Waals surface area contributed by atoms with Crippen molar-refractivity contribution in [3.8, 4) is 5.06 Å². The Balaban J connectivity index is 2.02. The van der Waals surface area contributed by atoms with E-state index in [1.165, 1.54) is 11.3 Å². The van der Waals surface area contributed by atoms with Gasteiger partial charge in [0.05, 0.1) is 12.0 Å². The number of ketones is 1. The number of rotatable bonds is 3. The van der Waals surface area contributed by atoms with Crippen LogP contribution in [0.5, 0.6) is 5.06 Å². The second kappa shape index (κ2) is 4.55. The second-order valence-corrected chi connectivity index (χ2v) is 5.52. The summed E-state index contributed by atoms with van der Waals surface area (Å²) in [4.78, 5) is 12.4. The lowest BCUT2D eigenvalue weighted by atomic mass is 10.1. The molecule has 2 aromatic heterocycles. The number of aryl methyl sites for hydroxylation is 1. The molecule has 0 saturated carbocycles. The number of carbonyl (C=O) groups excluding carboxylic acids is 1. The Labute approximate surface area is 114 Å². The first-order chi connectivity index (χ1) is 9.16. The van der Waals surface area contributed by atoms with E-state index in [1.807, 2.05) is 54.2 Å². The topological polar surface area (TPSA) is 42.2 Å². The smallest absolute Gasteiger partial charge is 0.183 e. The van der Waals surface area contributed by atoms with Crippen molar-refractivity contribution in [1.29, 1.82) is 0 Å². The largest absolute Gasteiger partial charge is 0.499 e. The predicted molar refractivity (Wildman–Crippen MR) is 76.9 cm³/mol. The van der Waals surface area contributed by atoms with Gasteiger partial charge in [0.2, 0.25) is 0 Å². The molecular formula is C15H13NO2S. The molecule has 0 spiro atoms. The number of carbonyl (C=O) groups is 1. The van der Waals surface area contributed by atoms with Crippen LogP contribution in [0.2, 0.25) is 0 Å². The molecule has 0 aliphatic heterocycles. The summed E-state index contributed by atoms with van der Waals surface area (Å²) in [5.41, 5.74) is 1.39. The quantitative estimate of drug-likeness (QED) is 0.742. The van der Waals surface area contributed by atoms with E-state index in [9.17, 15) is 9.90 Å². The highest BCUT2D eigenvalue weighted by Gasteiger charge is 2.19. The highest BCUT2D eigenvalue weighted by molar-refractivity contribution is 7.21. The van der Waals surface area contributed by atoms with Crippen LogP contribution in [0, 0.1) is 0 Å². The maximum atomic E-state index is 12.4. The lowest BCUT2D eigenvalue weighted by molar-refractivity contribution is 0.0991. The molecule has 3 aromatic rings. The van der Waals surface area contributed by atoms with Gasteiger partial charge in [0, 0.05) is 29.0 Å². The van der Waals surface area contributed by atoms with E-state index in [-0.39, 0.29) is 10.8 Å². The summed E-state index contributed by atoms with van der Waals surface area (Å²) in [5.74, 6) is -0.0447. The molecule has 0 amide bonds. The van der Waals surface area contributed by atoms with Gasteiger partial charge in [-0.1, -0.05) is 29.5 Å². The molecule has 0 fully saturated rings. The van der Waals surface area contributed by atoms with Gasteiger partial charge in [-0.3, -0.25) is 4.79 Å². The van der Waals surface area contributed by atoms with Crippen molar-refractivity contribution in [3.05, 3.63) is 53.9 Å². The lowest BCUT2D eigenvalue weighted by Crippen LogP contribution is -2.06. The minimum absolute atomic E-state index is 0.0447. The molecule has 3 nitrogen and oxygen atoms in total. The molecule has 0 aliphatic rings. The fourth-order valence-corrected chi connectivity index (χ4v) is 3.20. The molecule has 0 saturated heterocycles. The summed E-state index contributed by atoms with van der Waals surface area (Å²) in [7, 11) is 1.91. The van der Waals surface area contributed by atoms with Crippen LogP contribution < -0.4 is 0 Å². The standard InChI is InChI=1S/C15H13NO2S/c1-16-8-4-5-10(16)9-12(17)14-11-6-2-3-7-13(11)19-15(14)18/h2-8,18H,9H2,1H3. The summed E-state index contributed by atoms with van der Waals surface area (Å²) in [6.07, 6.45) is 2.21. The molecule has 1 N–H and O–H groups in total. The Kier molecular flexibility index (Phi) is 2.87. The Morgan fingerprint density at radius 3 is 2.79 bits per heavy atom. The minimum Gasteiger partial charge on any atom is -0.499 e. The number of fused-ring (bicyclic) bond motifs is 1. The van der Waals surface area contributed by atoms with Gasteiger partial charge in [-0.25, -0.2) is 0 Å². The van der Waals surface area contributed by atoms with Gasteiger partial charge in [0.15, 0.2) is 10.8 Å². The number of hydrogen-bond acceptors (Lipinski definition) is 3. The number of benzene rings is 1. The third-order valence-electron chi connectivity index (χ3n) is 3.25. The zero-order valence-corrected chi connectivity index (χ0v) is 11.3. The number of Topliss-reactive ketones (excluding diaryl/α,β-unsaturated/α-hetero) is 1. The molecule has 96 valence electrons. The van der Waals surface area contributed by atoms with Gasteiger partial charge >= 0.3 is 0 Å². The van der Waals surface area contributed by atoms with E-state index in [0.717, 1.165) is 15.8 Å². The average molecular weight is 271 g/mol. The van der Waals surface area contributed by atoms with Crippen molar-refractivity contribution in [2.45, 2.75) is 6.42 Å². The van der Waals surface area contributed by atoms with Crippen LogP contribution in [0.15, 0.2) is 42.6 Å². The van der Waals surface area contributed by atoms with E-state index < -0.39 is 0 Å². The van der Waals surface area contributed by atoms with Crippen molar-refractivity contribution >= 4 is 27.2 Å². The van der Waals surface area contributed by atoms with E-state index in [1.54, 1.807) is 0 Å². The molecule has 0 aliphatic carbocycles. The van der Waals surface area contributed by atoms with Gasteiger partial charge in [0.25, 0.3) is 0 Å². The van der Waals surface area contributed by atoms with Crippen molar-refractivity contribution in [2.75, 3.05) is 0 Å². The van der Waals surface area contributed by atoms with Gasteiger partial charge in [-0.2, -0.15) is 0 Å². The van der Waals surface area contributed by atoms with Crippen LogP contribution in [-0.2, 0) is 13.5 Å². The van der Waals surface area contributed by atoms with Crippen LogP contribution in [0.1, 0.15) is 16.1 Å². The number of nitrogens with zero attached hydrogens (tertiary/aromatic N) is 1. The first-order valence-electron chi connectivity index (χ1n) is 6.00. The molecule has 0 unspecified atom stereocenters. The van der Waals surface area contributed by atoms with E-state index in [4.69, 9.17) is 0 Å². The number of hydrogen-bond donors (Lipinski definition) is 1. The Morgan fingerprint density at radius 1 is 1.26 bits per heavy atom. The summed E-state index contributed by atoms with van der Waals surface area (Å²) in [6.45, 7) is 0. The maximum Gasteiger partial charge on any atom is 0.183 e. The summed E-state index contributed by atoms with van der Waals surface area (Å²) >= 11 is 1.25.